The number of rotatable bonds is 7. The molecule has 0 aromatic heterocycles. The number of fused-ring (bicyclic) bond motifs is 1. The van der Waals surface area contributed by atoms with Crippen molar-refractivity contribution < 1.29 is 0 Å². The van der Waals surface area contributed by atoms with Gasteiger partial charge in [0.1, 0.15) is 0 Å². The second-order valence-electron chi connectivity index (χ2n) is 11.8. The van der Waals surface area contributed by atoms with Crippen LogP contribution in [0.15, 0.2) is 200 Å². The van der Waals surface area contributed by atoms with Gasteiger partial charge >= 0.3 is 0 Å². The highest BCUT2D eigenvalue weighted by molar-refractivity contribution is 6.00. The minimum absolute atomic E-state index is 1.11. The number of nitrogens with zero attached hydrogens (tertiary/aromatic N) is 1. The molecule has 8 aromatic rings. The van der Waals surface area contributed by atoms with Gasteiger partial charge in [-0.05, 0) is 80.2 Å². The molecule has 222 valence electrons. The summed E-state index contributed by atoms with van der Waals surface area (Å²) >= 11 is 0. The Labute approximate surface area is 276 Å². The fourth-order valence-corrected chi connectivity index (χ4v) is 6.52. The van der Waals surface area contributed by atoms with Crippen molar-refractivity contribution in [3.05, 3.63) is 200 Å². The lowest BCUT2D eigenvalue weighted by Crippen LogP contribution is -2.10. The van der Waals surface area contributed by atoms with Gasteiger partial charge in [-0.2, -0.15) is 0 Å². The SMILES string of the molecule is c1ccc(-c2ccc(-c3ccc(N(c4ccc(-c5ccccc5)cc4)c4cccc5ccccc45)cc3-c3ccccc3)cc2)cc1. The van der Waals surface area contributed by atoms with E-state index in [0.717, 1.165) is 17.1 Å². The zero-order valence-corrected chi connectivity index (χ0v) is 26.0. The standard InChI is InChI=1S/C46H33N/c1-4-13-34(14-5-1)36-23-25-40(26-24-36)43-32-31-42(33-45(43)39-17-8-3-9-18-39)47(46-22-12-20-38-19-10-11-21-44(38)46)41-29-27-37(28-30-41)35-15-6-2-7-16-35/h1-33H. The molecule has 0 fully saturated rings. The zero-order valence-electron chi connectivity index (χ0n) is 26.0. The predicted molar refractivity (Wildman–Crippen MR) is 200 cm³/mol. The molecule has 1 nitrogen and oxygen atoms in total. The molecule has 0 saturated carbocycles. The minimum atomic E-state index is 1.11. The van der Waals surface area contributed by atoms with E-state index < -0.39 is 0 Å². The van der Waals surface area contributed by atoms with E-state index in [-0.39, 0.29) is 0 Å². The van der Waals surface area contributed by atoms with Crippen molar-refractivity contribution in [2.75, 3.05) is 4.90 Å². The average molecular weight is 600 g/mol. The quantitative estimate of drug-likeness (QED) is 0.176. The van der Waals surface area contributed by atoms with Gasteiger partial charge in [-0.3, -0.25) is 0 Å². The number of benzene rings is 8. The summed E-state index contributed by atoms with van der Waals surface area (Å²) in [5.41, 5.74) is 13.0. The van der Waals surface area contributed by atoms with Crippen LogP contribution in [0.2, 0.25) is 0 Å². The third kappa shape index (κ3) is 5.72. The van der Waals surface area contributed by atoms with Gasteiger partial charge in [0.05, 0.1) is 5.69 Å². The third-order valence-corrected chi connectivity index (χ3v) is 8.89. The topological polar surface area (TPSA) is 3.24 Å². The fraction of sp³-hybridized carbons (Fsp3) is 0. The molecule has 8 aromatic carbocycles. The lowest BCUT2D eigenvalue weighted by atomic mass is 9.92. The average Bonchev–Trinajstić information content (AvgIpc) is 3.16. The Balaban J connectivity index is 1.29. The van der Waals surface area contributed by atoms with Gasteiger partial charge in [0.25, 0.3) is 0 Å². The summed E-state index contributed by atoms with van der Waals surface area (Å²) in [7, 11) is 0. The lowest BCUT2D eigenvalue weighted by Gasteiger charge is -2.28. The molecule has 0 aliphatic heterocycles. The van der Waals surface area contributed by atoms with Crippen molar-refractivity contribution >= 4 is 27.8 Å². The van der Waals surface area contributed by atoms with Crippen molar-refractivity contribution in [1.29, 1.82) is 0 Å². The summed E-state index contributed by atoms with van der Waals surface area (Å²) in [6, 6.07) is 71.8. The van der Waals surface area contributed by atoms with E-state index in [1.54, 1.807) is 0 Å². The molecule has 0 N–H and O–H groups in total. The molecular weight excluding hydrogens is 567 g/mol. The first-order valence-corrected chi connectivity index (χ1v) is 16.1. The smallest absolute Gasteiger partial charge is 0.0540 e. The van der Waals surface area contributed by atoms with E-state index in [1.165, 1.54) is 55.3 Å². The first-order valence-electron chi connectivity index (χ1n) is 16.1. The molecule has 0 atom stereocenters. The second-order valence-corrected chi connectivity index (χ2v) is 11.8. The minimum Gasteiger partial charge on any atom is -0.310 e. The van der Waals surface area contributed by atoms with E-state index in [4.69, 9.17) is 0 Å². The largest absolute Gasteiger partial charge is 0.310 e. The highest BCUT2D eigenvalue weighted by atomic mass is 15.1. The van der Waals surface area contributed by atoms with Crippen LogP contribution >= 0.6 is 0 Å². The first kappa shape index (κ1) is 28.3. The first-order chi connectivity index (χ1) is 23.3. The Kier molecular flexibility index (Phi) is 7.63. The summed E-state index contributed by atoms with van der Waals surface area (Å²) in [6.45, 7) is 0. The van der Waals surface area contributed by atoms with E-state index in [9.17, 15) is 0 Å². The lowest BCUT2D eigenvalue weighted by molar-refractivity contribution is 1.30. The molecule has 0 radical (unpaired) electrons. The molecular formula is C46H33N. The van der Waals surface area contributed by atoms with Crippen molar-refractivity contribution in [3.63, 3.8) is 0 Å². The van der Waals surface area contributed by atoms with E-state index in [1.807, 2.05) is 0 Å². The van der Waals surface area contributed by atoms with Gasteiger partial charge in [0.2, 0.25) is 0 Å². The van der Waals surface area contributed by atoms with Crippen LogP contribution in [0, 0.1) is 0 Å². The van der Waals surface area contributed by atoms with Crippen LogP contribution in [0.4, 0.5) is 17.1 Å². The summed E-state index contributed by atoms with van der Waals surface area (Å²) in [5.74, 6) is 0. The Morgan fingerprint density at radius 3 is 1.36 bits per heavy atom. The van der Waals surface area contributed by atoms with E-state index in [0.29, 0.717) is 0 Å². The molecule has 0 unspecified atom stereocenters. The molecule has 47 heavy (non-hydrogen) atoms. The fourth-order valence-electron chi connectivity index (χ4n) is 6.52. The molecule has 8 rings (SSSR count). The van der Waals surface area contributed by atoms with Gasteiger partial charge in [-0.25, -0.2) is 0 Å². The summed E-state index contributed by atoms with van der Waals surface area (Å²) in [6.07, 6.45) is 0. The van der Waals surface area contributed by atoms with Crippen LogP contribution < -0.4 is 4.90 Å². The highest BCUT2D eigenvalue weighted by Gasteiger charge is 2.18. The maximum absolute atomic E-state index is 2.39. The predicted octanol–water partition coefficient (Wildman–Crippen LogP) is 13.0. The highest BCUT2D eigenvalue weighted by Crippen LogP contribution is 2.43. The van der Waals surface area contributed by atoms with Gasteiger partial charge < -0.3 is 4.90 Å². The summed E-state index contributed by atoms with van der Waals surface area (Å²) in [4.78, 5) is 2.39. The molecule has 0 bridgehead atoms. The van der Waals surface area contributed by atoms with E-state index in [2.05, 4.69) is 205 Å². The second kappa shape index (κ2) is 12.7. The van der Waals surface area contributed by atoms with Gasteiger partial charge in [0, 0.05) is 16.8 Å². The molecule has 1 heteroatoms. The molecule has 0 aliphatic carbocycles. The van der Waals surface area contributed by atoms with Crippen LogP contribution in [0.3, 0.4) is 0 Å². The Morgan fingerprint density at radius 2 is 0.723 bits per heavy atom. The van der Waals surface area contributed by atoms with Crippen LogP contribution in [-0.2, 0) is 0 Å². The summed E-state index contributed by atoms with van der Waals surface area (Å²) < 4.78 is 0. The van der Waals surface area contributed by atoms with Crippen LogP contribution in [-0.4, -0.2) is 0 Å². The molecule has 0 saturated heterocycles. The monoisotopic (exact) mass is 599 g/mol. The Hall–Kier alpha value is -6.18. The summed E-state index contributed by atoms with van der Waals surface area (Å²) in [5, 5.41) is 2.43. The van der Waals surface area contributed by atoms with Gasteiger partial charge in [-0.1, -0.05) is 170 Å². The van der Waals surface area contributed by atoms with Gasteiger partial charge in [0.15, 0.2) is 0 Å². The number of hydrogen-bond donors (Lipinski definition) is 0. The van der Waals surface area contributed by atoms with Crippen molar-refractivity contribution in [2.45, 2.75) is 0 Å². The molecule has 0 heterocycles. The molecule has 0 amide bonds. The number of hydrogen-bond acceptors (Lipinski definition) is 1. The van der Waals surface area contributed by atoms with Crippen LogP contribution in [0.25, 0.3) is 55.3 Å². The maximum atomic E-state index is 2.39. The van der Waals surface area contributed by atoms with Crippen molar-refractivity contribution in [3.8, 4) is 44.5 Å². The normalized spacial score (nSPS) is 11.0. The van der Waals surface area contributed by atoms with Crippen LogP contribution in [0.1, 0.15) is 0 Å². The van der Waals surface area contributed by atoms with Crippen molar-refractivity contribution in [2.24, 2.45) is 0 Å². The number of anilines is 3. The molecule has 0 spiro atoms. The van der Waals surface area contributed by atoms with Crippen LogP contribution in [0.5, 0.6) is 0 Å². The Bertz CT molecular complexity index is 2250. The zero-order chi connectivity index (χ0) is 31.4. The maximum Gasteiger partial charge on any atom is 0.0540 e. The van der Waals surface area contributed by atoms with Crippen molar-refractivity contribution in [1.82, 2.24) is 0 Å². The molecule has 0 aliphatic rings. The third-order valence-electron chi connectivity index (χ3n) is 8.89. The van der Waals surface area contributed by atoms with Gasteiger partial charge in [-0.15, -0.1) is 0 Å². The Morgan fingerprint density at radius 1 is 0.277 bits per heavy atom. The van der Waals surface area contributed by atoms with E-state index >= 15 is 0 Å².